The molecular formula is C15H17NO4. The van der Waals surface area contributed by atoms with Crippen molar-refractivity contribution in [2.24, 2.45) is 0 Å². The molecule has 5 heteroatoms. The highest BCUT2D eigenvalue weighted by Gasteiger charge is 2.21. The van der Waals surface area contributed by atoms with Gasteiger partial charge in [-0.05, 0) is 12.5 Å². The van der Waals surface area contributed by atoms with E-state index in [2.05, 4.69) is 5.32 Å². The molecule has 0 saturated heterocycles. The van der Waals surface area contributed by atoms with Crippen molar-refractivity contribution < 1.29 is 19.4 Å². The molecule has 1 aromatic carbocycles. The van der Waals surface area contributed by atoms with Gasteiger partial charge in [0.15, 0.2) is 0 Å². The monoisotopic (exact) mass is 275 g/mol. The molecule has 5 nitrogen and oxygen atoms in total. The summed E-state index contributed by atoms with van der Waals surface area (Å²) in [5.41, 5.74) is 1.89. The fraction of sp³-hybridized carbons (Fsp3) is 0.333. The van der Waals surface area contributed by atoms with Gasteiger partial charge in [-0.3, -0.25) is 4.79 Å². The van der Waals surface area contributed by atoms with Gasteiger partial charge < -0.3 is 15.2 Å². The number of fused-ring (bicyclic) bond motifs is 1. The molecule has 0 bridgehead atoms. The van der Waals surface area contributed by atoms with E-state index in [0.29, 0.717) is 13.0 Å². The Labute approximate surface area is 117 Å². The lowest BCUT2D eigenvalue weighted by Crippen LogP contribution is -2.39. The summed E-state index contributed by atoms with van der Waals surface area (Å²) in [6, 6.07) is 6.72. The molecule has 106 valence electrons. The molecule has 1 aromatic rings. The zero-order chi connectivity index (χ0) is 14.5. The molecule has 1 atom stereocenters. The zero-order valence-corrected chi connectivity index (χ0v) is 11.3. The number of rotatable bonds is 4. The molecule has 0 spiro atoms. The lowest BCUT2D eigenvalue weighted by molar-refractivity contribution is -0.141. The van der Waals surface area contributed by atoms with E-state index in [4.69, 9.17) is 9.84 Å². The predicted molar refractivity (Wildman–Crippen MR) is 74.4 cm³/mol. The number of hydrogen-bond donors (Lipinski definition) is 2. The van der Waals surface area contributed by atoms with E-state index >= 15 is 0 Å². The number of benzene rings is 1. The van der Waals surface area contributed by atoms with E-state index in [-0.39, 0.29) is 12.3 Å². The maximum absolute atomic E-state index is 11.2. The molecule has 1 aliphatic heterocycles. The maximum atomic E-state index is 11.2. The first-order valence-corrected chi connectivity index (χ1v) is 6.47. The molecule has 0 aliphatic carbocycles. The minimum atomic E-state index is -1.03. The van der Waals surface area contributed by atoms with Crippen LogP contribution in [-0.2, 0) is 9.59 Å². The third-order valence-corrected chi connectivity index (χ3v) is 3.10. The van der Waals surface area contributed by atoms with Crippen LogP contribution in [0.15, 0.2) is 29.8 Å². The topological polar surface area (TPSA) is 75.6 Å². The van der Waals surface area contributed by atoms with Crippen molar-refractivity contribution in [2.75, 3.05) is 6.61 Å². The summed E-state index contributed by atoms with van der Waals surface area (Å²) in [6.45, 7) is 1.82. The van der Waals surface area contributed by atoms with Gasteiger partial charge in [0.2, 0.25) is 5.91 Å². The van der Waals surface area contributed by atoms with Gasteiger partial charge in [-0.15, -0.1) is 0 Å². The van der Waals surface area contributed by atoms with E-state index in [1.165, 1.54) is 6.92 Å². The number of ether oxygens (including phenoxy) is 1. The van der Waals surface area contributed by atoms with Gasteiger partial charge in [-0.1, -0.05) is 29.8 Å². The summed E-state index contributed by atoms with van der Waals surface area (Å²) < 4.78 is 5.61. The van der Waals surface area contributed by atoms with Crippen molar-refractivity contribution in [1.29, 1.82) is 0 Å². The number of carboxylic acids is 1. The molecule has 1 amide bonds. The molecule has 2 N–H and O–H groups in total. The summed E-state index contributed by atoms with van der Waals surface area (Å²) in [5.74, 6) is -0.572. The highest BCUT2D eigenvalue weighted by atomic mass is 16.5. The van der Waals surface area contributed by atoms with Crippen LogP contribution in [0.4, 0.5) is 0 Å². The Kier molecular flexibility index (Phi) is 4.40. The van der Waals surface area contributed by atoms with Gasteiger partial charge in [0, 0.05) is 18.9 Å². The average Bonchev–Trinajstić information content (AvgIpc) is 2.58. The lowest BCUT2D eigenvalue weighted by atomic mass is 10.0. The largest absolute Gasteiger partial charge is 0.493 e. The quantitative estimate of drug-likeness (QED) is 0.879. The summed E-state index contributed by atoms with van der Waals surface area (Å²) in [5, 5.41) is 11.6. The molecule has 0 aromatic heterocycles. The van der Waals surface area contributed by atoms with Crippen molar-refractivity contribution in [3.05, 3.63) is 35.4 Å². The van der Waals surface area contributed by atoms with E-state index < -0.39 is 12.0 Å². The van der Waals surface area contributed by atoms with Gasteiger partial charge in [0.25, 0.3) is 0 Å². The minimum absolute atomic E-state index is 0.284. The van der Waals surface area contributed by atoms with Crippen molar-refractivity contribution >= 4 is 18.0 Å². The lowest BCUT2D eigenvalue weighted by Gasteiger charge is -2.14. The molecule has 1 aliphatic rings. The Bertz CT molecular complexity index is 551. The molecular weight excluding hydrogens is 258 g/mol. The number of para-hydroxylation sites is 1. The number of nitrogens with one attached hydrogen (secondary N) is 1. The first kappa shape index (κ1) is 14.1. The SMILES string of the molecule is CC(=O)NC(CC1=Cc2ccccc2OCC1)C(=O)O. The number of carboxylic acid groups (broad SMARTS) is 1. The zero-order valence-electron chi connectivity index (χ0n) is 11.3. The van der Waals surface area contributed by atoms with Crippen LogP contribution in [-0.4, -0.2) is 29.6 Å². The third kappa shape index (κ3) is 3.60. The Morgan fingerprint density at radius 1 is 1.40 bits per heavy atom. The van der Waals surface area contributed by atoms with Crippen LogP contribution in [0.2, 0.25) is 0 Å². The van der Waals surface area contributed by atoms with E-state index in [9.17, 15) is 9.59 Å². The summed E-state index contributed by atoms with van der Waals surface area (Å²) in [4.78, 5) is 22.2. The van der Waals surface area contributed by atoms with E-state index in [1.54, 1.807) is 0 Å². The van der Waals surface area contributed by atoms with E-state index in [0.717, 1.165) is 16.9 Å². The molecule has 1 heterocycles. The van der Waals surface area contributed by atoms with Gasteiger partial charge in [0.05, 0.1) is 6.61 Å². The Morgan fingerprint density at radius 3 is 2.85 bits per heavy atom. The smallest absolute Gasteiger partial charge is 0.326 e. The van der Waals surface area contributed by atoms with Crippen molar-refractivity contribution in [3.63, 3.8) is 0 Å². The number of aliphatic carboxylic acids is 1. The van der Waals surface area contributed by atoms with Crippen LogP contribution in [0.3, 0.4) is 0 Å². The standard InChI is InChI=1S/C15H17NO4/c1-10(17)16-13(15(18)19)9-11-6-7-20-14-5-3-2-4-12(14)8-11/h2-5,8,13H,6-7,9H2,1H3,(H,16,17)(H,18,19). The van der Waals surface area contributed by atoms with Gasteiger partial charge >= 0.3 is 5.97 Å². The highest BCUT2D eigenvalue weighted by Crippen LogP contribution is 2.27. The van der Waals surface area contributed by atoms with Gasteiger partial charge in [-0.25, -0.2) is 4.79 Å². The second-order valence-corrected chi connectivity index (χ2v) is 4.73. The molecule has 0 radical (unpaired) electrons. The molecule has 0 fully saturated rings. The number of hydrogen-bond acceptors (Lipinski definition) is 3. The van der Waals surface area contributed by atoms with Gasteiger partial charge in [0.1, 0.15) is 11.8 Å². The predicted octanol–water partition coefficient (Wildman–Crippen LogP) is 1.83. The first-order chi connectivity index (χ1) is 9.56. The molecule has 0 saturated carbocycles. The molecule has 2 rings (SSSR count). The fourth-order valence-electron chi connectivity index (χ4n) is 2.18. The summed E-state index contributed by atoms with van der Waals surface area (Å²) >= 11 is 0. The number of amides is 1. The normalized spacial score (nSPS) is 15.2. The van der Waals surface area contributed by atoms with Crippen LogP contribution in [0.25, 0.3) is 6.08 Å². The van der Waals surface area contributed by atoms with E-state index in [1.807, 2.05) is 30.3 Å². The summed E-state index contributed by atoms with van der Waals surface area (Å²) in [7, 11) is 0. The van der Waals surface area contributed by atoms with Crippen LogP contribution in [0.1, 0.15) is 25.3 Å². The van der Waals surface area contributed by atoms with Crippen LogP contribution < -0.4 is 10.1 Å². The number of carbonyl (C=O) groups is 2. The Morgan fingerprint density at radius 2 is 2.15 bits per heavy atom. The van der Waals surface area contributed by atoms with Gasteiger partial charge in [-0.2, -0.15) is 0 Å². The highest BCUT2D eigenvalue weighted by molar-refractivity contribution is 5.82. The fourth-order valence-corrected chi connectivity index (χ4v) is 2.18. The Hall–Kier alpha value is -2.30. The maximum Gasteiger partial charge on any atom is 0.326 e. The second-order valence-electron chi connectivity index (χ2n) is 4.73. The minimum Gasteiger partial charge on any atom is -0.493 e. The van der Waals surface area contributed by atoms with Crippen molar-refractivity contribution in [1.82, 2.24) is 5.32 Å². The van der Waals surface area contributed by atoms with Crippen molar-refractivity contribution in [2.45, 2.75) is 25.8 Å². The number of carbonyl (C=O) groups excluding carboxylic acids is 1. The molecule has 20 heavy (non-hydrogen) atoms. The molecule has 1 unspecified atom stereocenters. The average molecular weight is 275 g/mol. The van der Waals surface area contributed by atoms with Crippen molar-refractivity contribution in [3.8, 4) is 5.75 Å². The van der Waals surface area contributed by atoms with Crippen LogP contribution in [0, 0.1) is 0 Å². The van der Waals surface area contributed by atoms with Crippen LogP contribution >= 0.6 is 0 Å². The third-order valence-electron chi connectivity index (χ3n) is 3.10. The van der Waals surface area contributed by atoms with Crippen LogP contribution in [0.5, 0.6) is 5.75 Å². The second kappa shape index (κ2) is 6.23. The summed E-state index contributed by atoms with van der Waals surface area (Å²) in [6.07, 6.45) is 2.88. The Balaban J connectivity index is 2.17. The first-order valence-electron chi connectivity index (χ1n) is 6.47.